The van der Waals surface area contributed by atoms with Gasteiger partial charge in [-0.2, -0.15) is 5.10 Å². The summed E-state index contributed by atoms with van der Waals surface area (Å²) < 4.78 is 37.9. The highest BCUT2D eigenvalue weighted by Crippen LogP contribution is 2.22. The van der Waals surface area contributed by atoms with Gasteiger partial charge in [0.1, 0.15) is 12.4 Å². The monoisotopic (exact) mass is 362 g/mol. The number of anilines is 1. The maximum Gasteiger partial charge on any atom is 0.261 e. The number of nitrogens with one attached hydrogen (secondary N) is 2. The van der Waals surface area contributed by atoms with Crippen LogP contribution in [0.15, 0.2) is 41.4 Å². The Hall–Kier alpha value is -2.65. The first kappa shape index (κ1) is 17.2. The Labute approximate surface area is 145 Å². The average molecular weight is 362 g/mol. The van der Waals surface area contributed by atoms with Gasteiger partial charge in [-0.3, -0.25) is 9.82 Å². The van der Waals surface area contributed by atoms with Crippen molar-refractivity contribution in [2.45, 2.75) is 11.8 Å². The summed E-state index contributed by atoms with van der Waals surface area (Å²) in [6, 6.07) is 7.87. The van der Waals surface area contributed by atoms with Crippen molar-refractivity contribution in [3.63, 3.8) is 0 Å². The fraction of sp³-hybridized carbons (Fsp3) is 0.250. The van der Waals surface area contributed by atoms with E-state index in [0.29, 0.717) is 30.3 Å². The van der Waals surface area contributed by atoms with E-state index < -0.39 is 10.0 Å². The van der Waals surface area contributed by atoms with Crippen LogP contribution in [0.2, 0.25) is 0 Å². The molecule has 0 saturated heterocycles. The SMILES string of the molecule is COCCOc1ccc(S(=O)(=O)Nc2cnc3n[nH]c(C)c3c2)cc1. The van der Waals surface area contributed by atoms with Crippen molar-refractivity contribution in [2.24, 2.45) is 0 Å². The molecular formula is C16H18N4O4S. The van der Waals surface area contributed by atoms with Crippen LogP contribution in [0.5, 0.6) is 5.75 Å². The molecule has 0 bridgehead atoms. The molecule has 0 amide bonds. The molecule has 132 valence electrons. The first-order valence-corrected chi connectivity index (χ1v) is 9.03. The average Bonchev–Trinajstić information content (AvgIpc) is 2.96. The molecule has 0 aliphatic rings. The lowest BCUT2D eigenvalue weighted by Crippen LogP contribution is -2.13. The normalized spacial score (nSPS) is 11.6. The van der Waals surface area contributed by atoms with Crippen LogP contribution in [0.3, 0.4) is 0 Å². The summed E-state index contributed by atoms with van der Waals surface area (Å²) >= 11 is 0. The number of hydrogen-bond donors (Lipinski definition) is 2. The Kier molecular flexibility index (Phi) is 4.86. The third-order valence-corrected chi connectivity index (χ3v) is 4.94. The second-order valence-electron chi connectivity index (χ2n) is 5.36. The second kappa shape index (κ2) is 7.08. The molecule has 0 spiro atoms. The highest BCUT2D eigenvalue weighted by Gasteiger charge is 2.15. The Morgan fingerprint density at radius 2 is 1.96 bits per heavy atom. The van der Waals surface area contributed by atoms with Crippen molar-refractivity contribution in [3.05, 3.63) is 42.2 Å². The van der Waals surface area contributed by atoms with E-state index >= 15 is 0 Å². The van der Waals surface area contributed by atoms with E-state index in [1.807, 2.05) is 6.92 Å². The summed E-state index contributed by atoms with van der Waals surface area (Å²) in [7, 11) is -2.14. The van der Waals surface area contributed by atoms with Crippen molar-refractivity contribution in [1.29, 1.82) is 0 Å². The van der Waals surface area contributed by atoms with Gasteiger partial charge >= 0.3 is 0 Å². The Morgan fingerprint density at radius 3 is 2.68 bits per heavy atom. The number of ether oxygens (including phenoxy) is 2. The molecule has 0 saturated carbocycles. The zero-order valence-electron chi connectivity index (χ0n) is 13.8. The highest BCUT2D eigenvalue weighted by molar-refractivity contribution is 7.92. The molecule has 8 nitrogen and oxygen atoms in total. The molecule has 2 heterocycles. The summed E-state index contributed by atoms with van der Waals surface area (Å²) in [6.45, 7) is 2.71. The quantitative estimate of drug-likeness (QED) is 0.624. The summed E-state index contributed by atoms with van der Waals surface area (Å²) in [5.41, 5.74) is 1.73. The molecule has 2 aromatic heterocycles. The second-order valence-corrected chi connectivity index (χ2v) is 7.04. The van der Waals surface area contributed by atoms with Crippen LogP contribution in [0.4, 0.5) is 5.69 Å². The third kappa shape index (κ3) is 3.89. The first-order chi connectivity index (χ1) is 12.0. The minimum atomic E-state index is -3.72. The molecule has 0 aliphatic carbocycles. The summed E-state index contributed by atoms with van der Waals surface area (Å²) in [6.07, 6.45) is 1.43. The number of nitrogens with zero attached hydrogens (tertiary/aromatic N) is 2. The Balaban J connectivity index is 1.77. The van der Waals surface area contributed by atoms with Gasteiger partial charge in [-0.15, -0.1) is 0 Å². The number of methoxy groups -OCH3 is 1. The minimum Gasteiger partial charge on any atom is -0.491 e. The molecule has 25 heavy (non-hydrogen) atoms. The Bertz CT molecular complexity index is 967. The van der Waals surface area contributed by atoms with E-state index in [-0.39, 0.29) is 4.90 Å². The lowest BCUT2D eigenvalue weighted by Gasteiger charge is -2.09. The summed E-state index contributed by atoms with van der Waals surface area (Å²) in [5.74, 6) is 0.577. The molecule has 0 unspecified atom stereocenters. The van der Waals surface area contributed by atoms with Crippen LogP contribution < -0.4 is 9.46 Å². The van der Waals surface area contributed by atoms with E-state index in [1.165, 1.54) is 18.3 Å². The molecular weight excluding hydrogens is 344 g/mol. The van der Waals surface area contributed by atoms with Crippen molar-refractivity contribution in [3.8, 4) is 5.75 Å². The molecule has 3 aromatic rings. The lowest BCUT2D eigenvalue weighted by atomic mass is 10.3. The highest BCUT2D eigenvalue weighted by atomic mass is 32.2. The number of H-pyrrole nitrogens is 1. The van der Waals surface area contributed by atoms with Crippen molar-refractivity contribution in [1.82, 2.24) is 15.2 Å². The molecule has 3 rings (SSSR count). The molecule has 9 heteroatoms. The zero-order chi connectivity index (χ0) is 17.9. The first-order valence-electron chi connectivity index (χ1n) is 7.55. The molecule has 0 aliphatic heterocycles. The largest absolute Gasteiger partial charge is 0.491 e. The van der Waals surface area contributed by atoms with Crippen LogP contribution in [-0.4, -0.2) is 43.9 Å². The van der Waals surface area contributed by atoms with Crippen LogP contribution in [0.25, 0.3) is 11.0 Å². The van der Waals surface area contributed by atoms with Crippen LogP contribution in [0.1, 0.15) is 5.69 Å². The van der Waals surface area contributed by atoms with Crippen LogP contribution in [0, 0.1) is 6.92 Å². The van der Waals surface area contributed by atoms with Gasteiger partial charge in [0.15, 0.2) is 5.65 Å². The van der Waals surface area contributed by atoms with Crippen LogP contribution in [-0.2, 0) is 14.8 Å². The van der Waals surface area contributed by atoms with Crippen molar-refractivity contribution in [2.75, 3.05) is 25.0 Å². The fourth-order valence-electron chi connectivity index (χ4n) is 2.25. The van der Waals surface area contributed by atoms with E-state index in [9.17, 15) is 8.42 Å². The van der Waals surface area contributed by atoms with Gasteiger partial charge in [0.2, 0.25) is 0 Å². The summed E-state index contributed by atoms with van der Waals surface area (Å²) in [5, 5.41) is 7.60. The number of fused-ring (bicyclic) bond motifs is 1. The predicted octanol–water partition coefficient (Wildman–Crippen LogP) is 2.09. The number of benzene rings is 1. The van der Waals surface area contributed by atoms with Gasteiger partial charge in [-0.1, -0.05) is 0 Å². The van der Waals surface area contributed by atoms with Gasteiger partial charge in [-0.05, 0) is 37.3 Å². The number of aromatic amines is 1. The fourth-order valence-corrected chi connectivity index (χ4v) is 3.28. The van der Waals surface area contributed by atoms with Crippen molar-refractivity contribution >= 4 is 26.7 Å². The molecule has 0 atom stereocenters. The maximum atomic E-state index is 12.5. The number of hydrogen-bond acceptors (Lipinski definition) is 6. The van der Waals surface area contributed by atoms with Gasteiger partial charge in [0, 0.05) is 18.2 Å². The smallest absolute Gasteiger partial charge is 0.261 e. The van der Waals surface area contributed by atoms with Crippen molar-refractivity contribution < 1.29 is 17.9 Å². The van der Waals surface area contributed by atoms with E-state index in [1.54, 1.807) is 25.3 Å². The van der Waals surface area contributed by atoms with Gasteiger partial charge in [-0.25, -0.2) is 13.4 Å². The predicted molar refractivity (Wildman–Crippen MR) is 93.2 cm³/mol. The topological polar surface area (TPSA) is 106 Å². The molecule has 0 radical (unpaired) electrons. The van der Waals surface area contributed by atoms with Gasteiger partial charge in [0.05, 0.1) is 23.4 Å². The number of aryl methyl sites for hydroxylation is 1. The molecule has 1 aromatic carbocycles. The third-order valence-electron chi connectivity index (χ3n) is 3.54. The zero-order valence-corrected chi connectivity index (χ0v) is 14.6. The molecule has 0 fully saturated rings. The minimum absolute atomic E-state index is 0.135. The van der Waals surface area contributed by atoms with E-state index in [4.69, 9.17) is 9.47 Å². The number of rotatable bonds is 7. The molecule has 2 N–H and O–H groups in total. The standard InChI is InChI=1S/C16H18N4O4S/c1-11-15-9-12(10-17-16(15)19-18-11)20-25(21,22)14-5-3-13(4-6-14)24-8-7-23-2/h3-6,9-10,20H,7-8H2,1-2H3,(H,17,18,19). The number of aromatic nitrogens is 3. The van der Waals surface area contributed by atoms with Gasteiger partial charge < -0.3 is 9.47 Å². The summed E-state index contributed by atoms with van der Waals surface area (Å²) in [4.78, 5) is 4.27. The van der Waals surface area contributed by atoms with Crippen LogP contribution >= 0.6 is 0 Å². The van der Waals surface area contributed by atoms with E-state index in [0.717, 1.165) is 11.1 Å². The Morgan fingerprint density at radius 1 is 1.20 bits per heavy atom. The lowest BCUT2D eigenvalue weighted by molar-refractivity contribution is 0.146. The van der Waals surface area contributed by atoms with E-state index in [2.05, 4.69) is 19.9 Å². The maximum absolute atomic E-state index is 12.5. The number of sulfonamides is 1. The number of pyridine rings is 1. The van der Waals surface area contributed by atoms with Gasteiger partial charge in [0.25, 0.3) is 10.0 Å².